The molecular formula is C21H26N4O3. The number of anilines is 1. The van der Waals surface area contributed by atoms with Gasteiger partial charge in [0, 0.05) is 38.7 Å². The Balaban J connectivity index is 1.62. The lowest BCUT2D eigenvalue weighted by Gasteiger charge is -2.29. The van der Waals surface area contributed by atoms with Crippen LogP contribution in [0.2, 0.25) is 0 Å². The lowest BCUT2D eigenvalue weighted by atomic mass is 10.0. The third-order valence-electron chi connectivity index (χ3n) is 4.89. The highest BCUT2D eigenvalue weighted by Gasteiger charge is 2.24. The number of ether oxygens (including phenoxy) is 1. The minimum Gasteiger partial charge on any atom is -0.494 e. The van der Waals surface area contributed by atoms with Gasteiger partial charge in [-0.2, -0.15) is 0 Å². The Bertz CT molecular complexity index is 865. The summed E-state index contributed by atoms with van der Waals surface area (Å²) >= 11 is 0. The summed E-state index contributed by atoms with van der Waals surface area (Å²) in [5.41, 5.74) is 9.09. The first kappa shape index (κ1) is 19.7. The molecule has 0 spiro atoms. The van der Waals surface area contributed by atoms with Crippen LogP contribution < -0.4 is 15.8 Å². The second-order valence-electron chi connectivity index (χ2n) is 6.75. The van der Waals surface area contributed by atoms with E-state index in [-0.39, 0.29) is 17.6 Å². The first-order valence-corrected chi connectivity index (χ1v) is 9.51. The van der Waals surface area contributed by atoms with E-state index in [0.717, 1.165) is 22.6 Å². The number of nitrogen functional groups attached to an aromatic ring is 1. The third kappa shape index (κ3) is 4.42. The normalized spacial score (nSPS) is 13.0. The molecule has 1 aliphatic rings. The van der Waals surface area contributed by atoms with E-state index in [0.29, 0.717) is 44.5 Å². The molecule has 148 valence electrons. The summed E-state index contributed by atoms with van der Waals surface area (Å²) < 4.78 is 5.44. The predicted molar refractivity (Wildman–Crippen MR) is 107 cm³/mol. The predicted octanol–water partition coefficient (Wildman–Crippen LogP) is 1.94. The first-order valence-electron chi connectivity index (χ1n) is 9.51. The Morgan fingerprint density at radius 1 is 1.29 bits per heavy atom. The molecule has 2 heterocycles. The number of hydrogen-bond acceptors (Lipinski definition) is 5. The van der Waals surface area contributed by atoms with Crippen molar-refractivity contribution in [3.8, 4) is 5.75 Å². The van der Waals surface area contributed by atoms with Crippen LogP contribution in [-0.2, 0) is 24.2 Å². The second kappa shape index (κ2) is 8.73. The zero-order valence-electron chi connectivity index (χ0n) is 16.3. The molecule has 1 aromatic carbocycles. The summed E-state index contributed by atoms with van der Waals surface area (Å²) in [4.78, 5) is 30.8. The Labute approximate surface area is 164 Å². The van der Waals surface area contributed by atoms with E-state index in [1.165, 1.54) is 0 Å². The molecule has 7 nitrogen and oxygen atoms in total. The van der Waals surface area contributed by atoms with Crippen molar-refractivity contribution in [2.75, 3.05) is 25.9 Å². The molecule has 2 amide bonds. The molecular weight excluding hydrogens is 356 g/mol. The third-order valence-corrected chi connectivity index (χ3v) is 4.89. The number of nitrogens with zero attached hydrogens (tertiary/aromatic N) is 2. The molecule has 1 aliphatic heterocycles. The van der Waals surface area contributed by atoms with Gasteiger partial charge in [-0.3, -0.25) is 9.59 Å². The van der Waals surface area contributed by atoms with Gasteiger partial charge in [0.15, 0.2) is 0 Å². The Morgan fingerprint density at radius 3 is 2.71 bits per heavy atom. The molecule has 0 bridgehead atoms. The maximum absolute atomic E-state index is 12.7. The van der Waals surface area contributed by atoms with Gasteiger partial charge in [0.25, 0.3) is 5.91 Å². The summed E-state index contributed by atoms with van der Waals surface area (Å²) in [5, 5.41) is 2.56. The average Bonchev–Trinajstić information content (AvgIpc) is 2.71. The fourth-order valence-corrected chi connectivity index (χ4v) is 3.35. The number of hydrogen-bond donors (Lipinski definition) is 2. The highest BCUT2D eigenvalue weighted by molar-refractivity contribution is 5.98. The van der Waals surface area contributed by atoms with Crippen LogP contribution in [0.25, 0.3) is 0 Å². The highest BCUT2D eigenvalue weighted by atomic mass is 16.5. The van der Waals surface area contributed by atoms with Crippen LogP contribution >= 0.6 is 0 Å². The van der Waals surface area contributed by atoms with Crippen LogP contribution in [0.1, 0.15) is 40.5 Å². The number of nitrogens with one attached hydrogen (secondary N) is 1. The van der Waals surface area contributed by atoms with Crippen molar-refractivity contribution in [2.24, 2.45) is 0 Å². The van der Waals surface area contributed by atoms with E-state index in [1.807, 2.05) is 36.1 Å². The smallest absolute Gasteiger partial charge is 0.254 e. The van der Waals surface area contributed by atoms with Gasteiger partial charge in [0.2, 0.25) is 5.91 Å². The Kier molecular flexibility index (Phi) is 6.13. The lowest BCUT2D eigenvalue weighted by Crippen LogP contribution is -2.37. The van der Waals surface area contributed by atoms with Crippen LogP contribution in [0.4, 0.5) is 5.82 Å². The summed E-state index contributed by atoms with van der Waals surface area (Å²) in [6, 6.07) is 9.59. The van der Waals surface area contributed by atoms with Crippen molar-refractivity contribution >= 4 is 17.6 Å². The van der Waals surface area contributed by atoms with Crippen LogP contribution in [0.5, 0.6) is 5.75 Å². The minimum absolute atomic E-state index is 0.0952. The molecule has 0 saturated heterocycles. The number of pyridine rings is 1. The van der Waals surface area contributed by atoms with Crippen LogP contribution in [0.3, 0.4) is 0 Å². The van der Waals surface area contributed by atoms with Gasteiger partial charge in [0.05, 0.1) is 12.2 Å². The molecule has 28 heavy (non-hydrogen) atoms. The first-order chi connectivity index (χ1) is 13.5. The molecule has 7 heteroatoms. The van der Waals surface area contributed by atoms with Crippen LogP contribution in [0, 0.1) is 0 Å². The SMILES string of the molecule is CCOc1ccc(CCC(=O)N2CCc3nc(N)c(C(=O)NC)cc3C2)cc1. The van der Waals surface area contributed by atoms with Crippen LogP contribution in [-0.4, -0.2) is 41.9 Å². The molecule has 3 rings (SSSR count). The summed E-state index contributed by atoms with van der Waals surface area (Å²) in [6.45, 7) is 3.65. The lowest BCUT2D eigenvalue weighted by molar-refractivity contribution is -0.132. The van der Waals surface area contributed by atoms with E-state index < -0.39 is 0 Å². The monoisotopic (exact) mass is 382 g/mol. The van der Waals surface area contributed by atoms with Crippen molar-refractivity contribution in [3.05, 3.63) is 52.7 Å². The number of aromatic nitrogens is 1. The summed E-state index contributed by atoms with van der Waals surface area (Å²) in [6.07, 6.45) is 1.76. The maximum Gasteiger partial charge on any atom is 0.254 e. The average molecular weight is 382 g/mol. The van der Waals surface area contributed by atoms with Gasteiger partial charge in [-0.25, -0.2) is 4.98 Å². The van der Waals surface area contributed by atoms with Gasteiger partial charge in [-0.05, 0) is 42.7 Å². The fraction of sp³-hybridized carbons (Fsp3) is 0.381. The summed E-state index contributed by atoms with van der Waals surface area (Å²) in [7, 11) is 1.55. The number of carbonyl (C=O) groups is 2. The van der Waals surface area contributed by atoms with Crippen LogP contribution in [0.15, 0.2) is 30.3 Å². The van der Waals surface area contributed by atoms with Gasteiger partial charge in [0.1, 0.15) is 11.6 Å². The van der Waals surface area contributed by atoms with E-state index in [2.05, 4.69) is 10.3 Å². The largest absolute Gasteiger partial charge is 0.494 e. The highest BCUT2D eigenvalue weighted by Crippen LogP contribution is 2.23. The fourth-order valence-electron chi connectivity index (χ4n) is 3.35. The van der Waals surface area contributed by atoms with Crippen molar-refractivity contribution in [2.45, 2.75) is 32.7 Å². The molecule has 3 N–H and O–H groups in total. The van der Waals surface area contributed by atoms with Crippen molar-refractivity contribution in [1.82, 2.24) is 15.2 Å². The number of nitrogens with two attached hydrogens (primary N) is 1. The molecule has 0 aliphatic carbocycles. The summed E-state index contributed by atoms with van der Waals surface area (Å²) in [5.74, 6) is 0.891. The molecule has 0 radical (unpaired) electrons. The van der Waals surface area contributed by atoms with Gasteiger partial charge < -0.3 is 20.7 Å². The Hall–Kier alpha value is -3.09. The van der Waals surface area contributed by atoms with Gasteiger partial charge >= 0.3 is 0 Å². The number of fused-ring (bicyclic) bond motifs is 1. The molecule has 0 unspecified atom stereocenters. The molecule has 0 saturated carbocycles. The standard InChI is InChI=1S/C21H26N4O3/c1-3-28-16-7-4-14(5-8-16)6-9-19(26)25-11-10-18-15(13-25)12-17(20(22)24-18)21(27)23-2/h4-5,7-8,12H,3,6,9-11,13H2,1-2H3,(H2,22,24)(H,23,27). The van der Waals surface area contributed by atoms with E-state index >= 15 is 0 Å². The van der Waals surface area contributed by atoms with Crippen molar-refractivity contribution in [1.29, 1.82) is 0 Å². The van der Waals surface area contributed by atoms with E-state index in [1.54, 1.807) is 13.1 Å². The minimum atomic E-state index is -0.272. The quantitative estimate of drug-likeness (QED) is 0.796. The second-order valence-corrected chi connectivity index (χ2v) is 6.75. The van der Waals surface area contributed by atoms with E-state index in [4.69, 9.17) is 10.5 Å². The topological polar surface area (TPSA) is 97.6 Å². The maximum atomic E-state index is 12.7. The number of rotatable bonds is 6. The number of carbonyl (C=O) groups excluding carboxylic acids is 2. The zero-order valence-corrected chi connectivity index (χ0v) is 16.3. The van der Waals surface area contributed by atoms with Crippen molar-refractivity contribution in [3.63, 3.8) is 0 Å². The number of benzene rings is 1. The molecule has 0 fully saturated rings. The number of aryl methyl sites for hydroxylation is 1. The Morgan fingerprint density at radius 2 is 2.04 bits per heavy atom. The van der Waals surface area contributed by atoms with Gasteiger partial charge in [-0.1, -0.05) is 12.1 Å². The van der Waals surface area contributed by atoms with E-state index in [9.17, 15) is 9.59 Å². The zero-order chi connectivity index (χ0) is 20.1. The molecule has 2 aromatic rings. The molecule has 1 aromatic heterocycles. The van der Waals surface area contributed by atoms with Gasteiger partial charge in [-0.15, -0.1) is 0 Å². The molecule has 0 atom stereocenters. The van der Waals surface area contributed by atoms with Crippen molar-refractivity contribution < 1.29 is 14.3 Å². The number of amides is 2.